The van der Waals surface area contributed by atoms with E-state index in [4.69, 9.17) is 39.4 Å². The number of halogens is 15. The standard InChI is InChI=1S/C34H15F9N4O4S2.C34H21F3N4O4S2.C32H15F3N6O4/c1-16-22(31(46-2)47-3)12-24-26(16)27(17-4-8-20(9-5-17)52(48,49)33(38,39)40)25-13-23(19(14-44)15-45)30(32(35,36)37)29(25)28(24)18-6-10-21(11-7-18)53(50,51)34(41,42)43;1-18-24(33(40-2)41-3)14-26-28(18)29(19-6-10-22(11-7-19)46(4,42)43)27-15-25(21(16-38)17-39)32(34(35,36)37)31(27)30(26)20-8-12-23(13-9-20)47(5,44)45;1-16-22(31(38-2)39-3)12-24-26(16)27(17-4-8-20(9-5-17)40(42)43)25-13-23(19(14-36)15-37)30(32(33,34)35)29(25)28(24)18-6-10-21(11-7-18)41(44)45/h4-11H,12-13H2,1H3;6-13H,14-15H2,1,4-5H3;4-11H,12-13H2,1H3. The Morgan fingerprint density at radius 1 is 0.297 bits per heavy atom. The van der Waals surface area contributed by atoms with Crippen molar-refractivity contribution in [1.82, 2.24) is 0 Å². The fraction of sp³-hybridized carbons (Fsp3) is 0.160. The van der Waals surface area contributed by atoms with Crippen LogP contribution in [0.15, 0.2) is 233 Å². The van der Waals surface area contributed by atoms with Crippen LogP contribution in [0, 0.1) is 128 Å². The number of nitrogens with zero attached hydrogens (tertiary/aromatic N) is 14. The minimum Gasteiger partial charge on any atom is -0.258 e. The minimum atomic E-state index is -5.92. The smallest absolute Gasteiger partial charge is 0.258 e. The molecule has 0 bridgehead atoms. The van der Waals surface area contributed by atoms with Crippen LogP contribution in [0.2, 0.25) is 0 Å². The Morgan fingerprint density at radius 2 is 0.469 bits per heavy atom. The molecule has 0 unspecified atom stereocenters. The Morgan fingerprint density at radius 3 is 0.634 bits per heavy atom. The lowest BCUT2D eigenvalue weighted by Gasteiger charge is -2.18. The molecule has 0 saturated heterocycles. The first-order chi connectivity index (χ1) is 67.8. The van der Waals surface area contributed by atoms with Gasteiger partial charge in [-0.15, -0.1) is 0 Å². The number of alkyl halides is 15. The topological polar surface area (TPSA) is 392 Å². The molecule has 26 nitrogen and oxygen atoms in total. The molecule has 0 heterocycles. The van der Waals surface area contributed by atoms with Crippen LogP contribution in [0.4, 0.5) is 77.2 Å². The van der Waals surface area contributed by atoms with E-state index in [2.05, 4.69) is 29.1 Å². The second-order valence-corrected chi connectivity index (χ2v) is 40.3. The van der Waals surface area contributed by atoms with Gasteiger partial charge >= 0.3 is 47.0 Å². The maximum Gasteiger partial charge on any atom is 0.523 e. The third-order valence-electron chi connectivity index (χ3n) is 24.6. The molecule has 45 heteroatoms. The van der Waals surface area contributed by atoms with Crippen LogP contribution in [-0.2, 0) is 77.9 Å². The van der Waals surface area contributed by atoms with Crippen LogP contribution in [0.1, 0.15) is 54.2 Å². The van der Waals surface area contributed by atoms with Crippen LogP contribution in [-0.4, -0.2) is 85.6 Å². The SMILES string of the molecule is [C-]#[N+]C([N+]#[C-])=C1Cc2c(-c3ccc(S(=O)(=O)C(F)(F)F)cc3)c3c(c(-c4ccc(S(=O)(=O)C(F)(F)F)cc4)c2=C1C)CC(=C(C#N)C#N)C=3C(F)(F)F.[C-]#[N+]C([N+]#[C-])=C1Cc2c(-c3ccc(S(C)(=O)=O)cc3)c3c(c(-c4ccc(S(C)(=O)=O)cc4)c2=C1C)CC(=C(C#N)C#N)C=3C(F)(F)F.[C-]#[N+]C([N+]#[C-])=C1Cc2c(-c3ccc([N+](=O)[O-])cc3)c3c(c(-c4ccc([N+](=O)[O-])cc4)c2=C1C)CC(=C(C#N)C#N)C=3C(F)(F)F. The van der Waals surface area contributed by atoms with E-state index in [1.807, 2.05) is 0 Å². The molecular formula is C100H51F15N14O12S4. The fourth-order valence-electron chi connectivity index (χ4n) is 18.6. The van der Waals surface area contributed by atoms with E-state index in [-0.39, 0.29) is 156 Å². The van der Waals surface area contributed by atoms with Crippen LogP contribution in [0.5, 0.6) is 0 Å². The Labute approximate surface area is 811 Å². The number of hydrogen-bond acceptors (Lipinski definition) is 18. The molecule has 145 heavy (non-hydrogen) atoms. The van der Waals surface area contributed by atoms with Crippen LogP contribution in [0.3, 0.4) is 0 Å². The quantitative estimate of drug-likeness (QED) is 0.0360. The zero-order valence-electron chi connectivity index (χ0n) is 74.1. The van der Waals surface area contributed by atoms with Gasteiger partial charge in [-0.1, -0.05) is 48.5 Å². The number of hydrogen-bond donors (Lipinski definition) is 0. The van der Waals surface area contributed by atoms with Crippen molar-refractivity contribution in [3.05, 3.63) is 367 Å². The van der Waals surface area contributed by atoms with Crippen molar-refractivity contribution in [3.63, 3.8) is 0 Å². The number of nitro benzene ring substituents is 2. The van der Waals surface area contributed by atoms with Crippen molar-refractivity contribution in [2.45, 2.75) is 108 Å². The summed E-state index contributed by atoms with van der Waals surface area (Å²) in [4.78, 5) is 38.6. The molecule has 9 aromatic carbocycles. The summed E-state index contributed by atoms with van der Waals surface area (Å²) in [6, 6.07) is 35.5. The maximum atomic E-state index is 15.2. The molecule has 6 aliphatic carbocycles. The highest BCUT2D eigenvalue weighted by Gasteiger charge is 2.52. The molecule has 0 radical (unpaired) electrons. The number of rotatable bonds is 12. The van der Waals surface area contributed by atoms with Crippen molar-refractivity contribution in [2.24, 2.45) is 0 Å². The number of nitro groups is 2. The number of allylic oxidation sites excluding steroid dienone is 9. The van der Waals surface area contributed by atoms with Gasteiger partial charge in [-0.25, -0.2) is 33.7 Å². The normalized spacial score (nSPS) is 14.0. The lowest BCUT2D eigenvalue weighted by atomic mass is 9.86. The summed E-state index contributed by atoms with van der Waals surface area (Å²) in [6.07, 6.45) is -15.9. The second kappa shape index (κ2) is 37.9. The molecule has 722 valence electrons. The van der Waals surface area contributed by atoms with E-state index in [1.54, 1.807) is 38.1 Å². The van der Waals surface area contributed by atoms with Gasteiger partial charge in [0, 0.05) is 56.0 Å². The van der Waals surface area contributed by atoms with Crippen molar-refractivity contribution in [2.75, 3.05) is 12.5 Å². The summed E-state index contributed by atoms with van der Waals surface area (Å²) in [5.74, 6) is -1.08. The van der Waals surface area contributed by atoms with E-state index in [9.17, 15) is 112 Å². The molecule has 0 saturated carbocycles. The van der Waals surface area contributed by atoms with Gasteiger partial charge in [0.15, 0.2) is 19.7 Å². The van der Waals surface area contributed by atoms with Gasteiger partial charge in [-0.3, -0.25) is 20.2 Å². The van der Waals surface area contributed by atoms with Gasteiger partial charge in [-0.2, -0.15) is 126 Å². The lowest BCUT2D eigenvalue weighted by Crippen LogP contribution is -2.27. The first-order valence-electron chi connectivity index (χ1n) is 40.8. The minimum absolute atomic E-state index is 0.00257. The molecule has 0 amide bonds. The van der Waals surface area contributed by atoms with Crippen LogP contribution in [0.25, 0.3) is 129 Å². The molecule has 0 fully saturated rings. The van der Waals surface area contributed by atoms with Gasteiger partial charge in [-0.05, 0) is 278 Å². The van der Waals surface area contributed by atoms with Gasteiger partial charge in [0.1, 0.15) is 92.6 Å². The van der Waals surface area contributed by atoms with Crippen molar-refractivity contribution in [1.29, 1.82) is 31.6 Å². The first-order valence-corrected chi connectivity index (χ1v) is 47.6. The monoisotopic (exact) mass is 2050 g/mol. The lowest BCUT2D eigenvalue weighted by molar-refractivity contribution is -0.385. The molecule has 15 rings (SSSR count). The summed E-state index contributed by atoms with van der Waals surface area (Å²) in [5.41, 5.74) is -17.6. The second-order valence-electron chi connectivity index (χ2n) is 32.4. The van der Waals surface area contributed by atoms with Crippen molar-refractivity contribution in [3.8, 4) is 103 Å². The Balaban J connectivity index is 0.000000183. The fourth-order valence-corrected chi connectivity index (χ4v) is 21.4. The van der Waals surface area contributed by atoms with Crippen LogP contribution < -0.4 is 31.3 Å². The van der Waals surface area contributed by atoms with E-state index < -0.39 is 175 Å². The number of sulfone groups is 4. The van der Waals surface area contributed by atoms with Crippen molar-refractivity contribution >= 4 is 84.2 Å². The van der Waals surface area contributed by atoms with E-state index >= 15 is 39.5 Å². The third-order valence-corrected chi connectivity index (χ3v) is 29.9. The summed E-state index contributed by atoms with van der Waals surface area (Å²) >= 11 is 0. The molecule has 0 aliphatic heterocycles. The van der Waals surface area contributed by atoms with Gasteiger partial charge in [0.2, 0.25) is 0 Å². The number of benzene rings is 9. The zero-order valence-corrected chi connectivity index (χ0v) is 77.3. The van der Waals surface area contributed by atoms with Gasteiger partial charge in [0.25, 0.3) is 31.0 Å². The van der Waals surface area contributed by atoms with Crippen LogP contribution >= 0.6 is 0 Å². The molecule has 0 N–H and O–H groups in total. The molecule has 0 atom stereocenters. The van der Waals surface area contributed by atoms with E-state index in [0.29, 0.717) is 73.7 Å². The number of non-ortho nitro benzene ring substituents is 2. The number of fused-ring (bicyclic) bond motifs is 6. The molecular weight excluding hydrogens is 2000 g/mol. The maximum absolute atomic E-state index is 15.2. The Hall–Kier alpha value is -17.9. The molecule has 0 aromatic heterocycles. The average Bonchev–Trinajstić information content (AvgIpc) is 1.55. The zero-order chi connectivity index (χ0) is 107. The Kier molecular flexibility index (Phi) is 27.3. The first kappa shape index (κ1) is 104. The van der Waals surface area contributed by atoms with E-state index in [1.165, 1.54) is 104 Å². The molecule has 0 spiro atoms. The summed E-state index contributed by atoms with van der Waals surface area (Å²) in [6.45, 7) is 49.9. The molecule has 6 aliphatic rings. The summed E-state index contributed by atoms with van der Waals surface area (Å²) < 4.78 is 314. The number of nitriles is 6. The van der Waals surface area contributed by atoms with Crippen molar-refractivity contribution < 1.29 is 109 Å². The predicted molar refractivity (Wildman–Crippen MR) is 489 cm³/mol. The molecule has 9 aromatic rings. The highest BCUT2D eigenvalue weighted by molar-refractivity contribution is 7.92. The summed E-state index contributed by atoms with van der Waals surface area (Å²) in [7, 11) is -19.1. The van der Waals surface area contributed by atoms with Gasteiger partial charge < -0.3 is 0 Å². The largest absolute Gasteiger partial charge is 0.523 e. The summed E-state index contributed by atoms with van der Waals surface area (Å²) in [5, 5.41) is 80.2. The Bertz CT molecular complexity index is 9090. The average molecular weight is 2050 g/mol. The van der Waals surface area contributed by atoms with E-state index in [0.717, 1.165) is 48.9 Å². The third kappa shape index (κ3) is 18.3. The van der Waals surface area contributed by atoms with Gasteiger partial charge in [0.05, 0.1) is 62.9 Å². The highest BCUT2D eigenvalue weighted by Crippen LogP contribution is 2.51. The predicted octanol–water partition coefficient (Wildman–Crippen LogP) is 18.4. The highest BCUT2D eigenvalue weighted by atomic mass is 32.2.